The van der Waals surface area contributed by atoms with Crippen molar-refractivity contribution in [2.75, 3.05) is 5.75 Å². The minimum absolute atomic E-state index is 0.0377. The van der Waals surface area contributed by atoms with Crippen LogP contribution in [0.2, 0.25) is 0 Å². The van der Waals surface area contributed by atoms with Gasteiger partial charge in [-0.1, -0.05) is 79.9 Å². The Balaban J connectivity index is 1.57. The maximum atomic E-state index is 11.0. The van der Waals surface area contributed by atoms with Crippen LogP contribution in [0.3, 0.4) is 0 Å². The molecule has 1 heterocycles. The van der Waals surface area contributed by atoms with E-state index < -0.39 is 5.97 Å². The predicted octanol–water partition coefficient (Wildman–Crippen LogP) is 7.90. The van der Waals surface area contributed by atoms with Crippen molar-refractivity contribution in [3.8, 4) is 33.8 Å². The van der Waals surface area contributed by atoms with Crippen LogP contribution < -0.4 is 0 Å². The predicted molar refractivity (Wildman–Crippen MR) is 137 cm³/mol. The standard InChI is InChI=1S/C29H27NO3S/c31-26(32)19-34-23-15-9-14-22(18-23)24-16-7-8-17-25(24)29-30-27(20-10-3-1-4-11-20)28(33-29)21-12-5-2-6-13-21/h1,3-4,7-11,14-18,21H,2,5-6,12-13,19H2,(H,31,32). The second-order valence-electron chi connectivity index (χ2n) is 8.69. The molecule has 0 amide bonds. The number of nitrogens with zero attached hydrogens (tertiary/aromatic N) is 1. The summed E-state index contributed by atoms with van der Waals surface area (Å²) in [5.74, 6) is 1.25. The third kappa shape index (κ3) is 4.95. The van der Waals surface area contributed by atoms with E-state index in [0.717, 1.165) is 51.4 Å². The van der Waals surface area contributed by atoms with Gasteiger partial charge in [0.05, 0.1) is 5.75 Å². The number of rotatable bonds is 7. The molecule has 172 valence electrons. The molecule has 1 N–H and O–H groups in total. The van der Waals surface area contributed by atoms with Gasteiger partial charge in [0, 0.05) is 21.9 Å². The summed E-state index contributed by atoms with van der Waals surface area (Å²) in [5.41, 5.74) is 5.02. The number of thioether (sulfide) groups is 1. The van der Waals surface area contributed by atoms with E-state index in [4.69, 9.17) is 14.5 Å². The van der Waals surface area contributed by atoms with E-state index in [1.807, 2.05) is 54.6 Å². The van der Waals surface area contributed by atoms with Crippen molar-refractivity contribution in [2.24, 2.45) is 0 Å². The fraction of sp³-hybridized carbons (Fsp3) is 0.241. The van der Waals surface area contributed by atoms with Gasteiger partial charge in [0.1, 0.15) is 11.5 Å². The number of carboxylic acid groups (broad SMARTS) is 1. The lowest BCUT2D eigenvalue weighted by Crippen LogP contribution is -2.04. The topological polar surface area (TPSA) is 63.3 Å². The zero-order valence-corrected chi connectivity index (χ0v) is 19.8. The van der Waals surface area contributed by atoms with Crippen molar-refractivity contribution < 1.29 is 14.3 Å². The molecule has 1 fully saturated rings. The van der Waals surface area contributed by atoms with Gasteiger partial charge in [-0.15, -0.1) is 11.8 Å². The molecule has 0 atom stereocenters. The number of aliphatic carboxylic acids is 1. The Labute approximate surface area is 204 Å². The van der Waals surface area contributed by atoms with E-state index in [2.05, 4.69) is 24.3 Å². The molecule has 0 aliphatic heterocycles. The maximum Gasteiger partial charge on any atom is 0.313 e. The molecule has 3 aromatic carbocycles. The zero-order valence-electron chi connectivity index (χ0n) is 18.9. The van der Waals surface area contributed by atoms with Crippen LogP contribution in [-0.4, -0.2) is 21.8 Å². The summed E-state index contributed by atoms with van der Waals surface area (Å²) in [5, 5.41) is 9.04. The number of hydrogen-bond donors (Lipinski definition) is 1. The highest BCUT2D eigenvalue weighted by Gasteiger charge is 2.26. The molecule has 5 rings (SSSR count). The summed E-state index contributed by atoms with van der Waals surface area (Å²) < 4.78 is 6.57. The quantitative estimate of drug-likeness (QED) is 0.279. The normalized spacial score (nSPS) is 14.2. The van der Waals surface area contributed by atoms with Crippen LogP contribution >= 0.6 is 11.8 Å². The summed E-state index contributed by atoms with van der Waals surface area (Å²) in [4.78, 5) is 17.0. The number of carbonyl (C=O) groups is 1. The number of carboxylic acids is 1. The number of benzene rings is 3. The van der Waals surface area contributed by atoms with Crippen molar-refractivity contribution in [1.82, 2.24) is 4.98 Å². The van der Waals surface area contributed by atoms with Gasteiger partial charge in [-0.25, -0.2) is 4.98 Å². The summed E-state index contributed by atoms with van der Waals surface area (Å²) in [7, 11) is 0. The molecule has 0 radical (unpaired) electrons. The molecular formula is C29H27NO3S. The molecule has 5 heteroatoms. The molecule has 0 spiro atoms. The average Bonchev–Trinajstić information content (AvgIpc) is 3.34. The minimum atomic E-state index is -0.820. The third-order valence-electron chi connectivity index (χ3n) is 6.34. The lowest BCUT2D eigenvalue weighted by Gasteiger charge is -2.20. The first-order valence-corrected chi connectivity index (χ1v) is 12.8. The van der Waals surface area contributed by atoms with Gasteiger partial charge in [0.25, 0.3) is 0 Å². The Hall–Kier alpha value is -3.31. The smallest absolute Gasteiger partial charge is 0.313 e. The monoisotopic (exact) mass is 469 g/mol. The van der Waals surface area contributed by atoms with Gasteiger partial charge in [-0.3, -0.25) is 4.79 Å². The van der Waals surface area contributed by atoms with Crippen LogP contribution in [0.1, 0.15) is 43.8 Å². The SMILES string of the molecule is O=C(O)CSc1cccc(-c2ccccc2-c2nc(-c3ccccc3)c(C3CCCCC3)o2)c1. The lowest BCUT2D eigenvalue weighted by atomic mass is 9.86. The Morgan fingerprint density at radius 1 is 0.882 bits per heavy atom. The van der Waals surface area contributed by atoms with Gasteiger partial charge < -0.3 is 9.52 Å². The number of aromatic nitrogens is 1. The summed E-state index contributed by atoms with van der Waals surface area (Å²) >= 11 is 1.32. The molecule has 1 saturated carbocycles. The van der Waals surface area contributed by atoms with E-state index >= 15 is 0 Å². The first-order valence-electron chi connectivity index (χ1n) is 11.8. The third-order valence-corrected chi connectivity index (χ3v) is 7.32. The molecule has 1 aliphatic rings. The van der Waals surface area contributed by atoms with Crippen LogP contribution in [0.15, 0.2) is 88.2 Å². The second kappa shape index (κ2) is 10.3. The largest absolute Gasteiger partial charge is 0.481 e. The van der Waals surface area contributed by atoms with Crippen molar-refractivity contribution in [3.05, 3.63) is 84.6 Å². The van der Waals surface area contributed by atoms with Crippen LogP contribution in [0.25, 0.3) is 33.8 Å². The van der Waals surface area contributed by atoms with Crippen molar-refractivity contribution in [2.45, 2.75) is 42.9 Å². The number of hydrogen-bond acceptors (Lipinski definition) is 4. The molecule has 34 heavy (non-hydrogen) atoms. The Kier molecular flexibility index (Phi) is 6.82. The highest BCUT2D eigenvalue weighted by molar-refractivity contribution is 8.00. The van der Waals surface area contributed by atoms with E-state index in [1.165, 1.54) is 31.0 Å². The Morgan fingerprint density at radius 2 is 1.59 bits per heavy atom. The van der Waals surface area contributed by atoms with Gasteiger partial charge in [0.2, 0.25) is 5.89 Å². The van der Waals surface area contributed by atoms with Gasteiger partial charge >= 0.3 is 5.97 Å². The molecule has 1 aromatic heterocycles. The van der Waals surface area contributed by atoms with E-state index in [0.29, 0.717) is 11.8 Å². The van der Waals surface area contributed by atoms with Gasteiger partial charge in [-0.05, 0) is 42.2 Å². The summed E-state index contributed by atoms with van der Waals surface area (Å²) in [6, 6.07) is 26.5. The van der Waals surface area contributed by atoms with E-state index in [-0.39, 0.29) is 5.75 Å². The van der Waals surface area contributed by atoms with Crippen LogP contribution in [0.4, 0.5) is 0 Å². The fourth-order valence-corrected chi connectivity index (χ4v) is 5.39. The molecule has 4 aromatic rings. The minimum Gasteiger partial charge on any atom is -0.481 e. The second-order valence-corrected chi connectivity index (χ2v) is 9.74. The number of oxazole rings is 1. The van der Waals surface area contributed by atoms with Crippen LogP contribution in [-0.2, 0) is 4.79 Å². The van der Waals surface area contributed by atoms with Crippen LogP contribution in [0.5, 0.6) is 0 Å². The molecule has 4 nitrogen and oxygen atoms in total. The van der Waals surface area contributed by atoms with E-state index in [1.54, 1.807) is 0 Å². The van der Waals surface area contributed by atoms with Crippen LogP contribution in [0, 0.1) is 0 Å². The van der Waals surface area contributed by atoms with Crippen molar-refractivity contribution >= 4 is 17.7 Å². The lowest BCUT2D eigenvalue weighted by molar-refractivity contribution is -0.133. The van der Waals surface area contributed by atoms with E-state index in [9.17, 15) is 4.79 Å². The Morgan fingerprint density at radius 3 is 2.35 bits per heavy atom. The molecule has 0 saturated heterocycles. The zero-order chi connectivity index (χ0) is 23.3. The molecular weight excluding hydrogens is 442 g/mol. The average molecular weight is 470 g/mol. The Bertz CT molecular complexity index is 1280. The fourth-order valence-electron chi connectivity index (χ4n) is 4.71. The van der Waals surface area contributed by atoms with Gasteiger partial charge in [-0.2, -0.15) is 0 Å². The van der Waals surface area contributed by atoms with Gasteiger partial charge in [0.15, 0.2) is 0 Å². The van der Waals surface area contributed by atoms with Crippen molar-refractivity contribution in [1.29, 1.82) is 0 Å². The highest BCUT2D eigenvalue weighted by Crippen LogP contribution is 2.42. The van der Waals surface area contributed by atoms with Crippen molar-refractivity contribution in [3.63, 3.8) is 0 Å². The molecule has 0 unspecified atom stereocenters. The summed E-state index contributed by atoms with van der Waals surface area (Å²) in [6.07, 6.45) is 6.02. The first kappa shape index (κ1) is 22.5. The highest BCUT2D eigenvalue weighted by atomic mass is 32.2. The maximum absolute atomic E-state index is 11.0. The molecule has 0 bridgehead atoms. The molecule has 1 aliphatic carbocycles. The summed E-state index contributed by atoms with van der Waals surface area (Å²) in [6.45, 7) is 0. The first-order chi connectivity index (χ1) is 16.7.